The Morgan fingerprint density at radius 3 is 2.48 bits per heavy atom. The molecule has 9 heteroatoms. The minimum atomic E-state index is -3.06. The van der Waals surface area contributed by atoms with Gasteiger partial charge in [-0.15, -0.1) is 0 Å². The second-order valence-electron chi connectivity index (χ2n) is 8.09. The highest BCUT2D eigenvalue weighted by Gasteiger charge is 2.34. The van der Waals surface area contributed by atoms with Crippen molar-refractivity contribution in [2.45, 2.75) is 39.3 Å². The van der Waals surface area contributed by atoms with E-state index in [1.807, 2.05) is 13.8 Å². The van der Waals surface area contributed by atoms with Crippen LogP contribution in [-0.4, -0.2) is 49.6 Å². The van der Waals surface area contributed by atoms with Crippen LogP contribution in [0.1, 0.15) is 37.0 Å². The maximum absolute atomic E-state index is 14.3. The van der Waals surface area contributed by atoms with Crippen molar-refractivity contribution in [3.8, 4) is 11.5 Å². The lowest BCUT2D eigenvalue weighted by Crippen LogP contribution is -2.48. The van der Waals surface area contributed by atoms with Crippen molar-refractivity contribution < 1.29 is 32.2 Å². The summed E-state index contributed by atoms with van der Waals surface area (Å²) >= 11 is 0. The number of halogens is 3. The Balaban J connectivity index is 1.81. The van der Waals surface area contributed by atoms with E-state index in [9.17, 15) is 22.8 Å². The summed E-state index contributed by atoms with van der Waals surface area (Å²) in [6.45, 7) is 1.11. The summed E-state index contributed by atoms with van der Waals surface area (Å²) in [5, 5.41) is 0. The van der Waals surface area contributed by atoms with Crippen LogP contribution in [0.3, 0.4) is 0 Å². The van der Waals surface area contributed by atoms with Crippen LogP contribution in [0.2, 0.25) is 0 Å². The molecule has 1 unspecified atom stereocenters. The predicted octanol–water partition coefficient (Wildman–Crippen LogP) is 4.73. The molecular weight excluding hydrogens is 437 g/mol. The third-order valence-electron chi connectivity index (χ3n) is 5.56. The largest absolute Gasteiger partial charge is 0.494 e. The lowest BCUT2D eigenvalue weighted by atomic mass is 9.95. The van der Waals surface area contributed by atoms with Gasteiger partial charge in [-0.25, -0.2) is 4.39 Å². The minimum absolute atomic E-state index is 0.0174. The van der Waals surface area contributed by atoms with Crippen molar-refractivity contribution >= 4 is 17.5 Å². The zero-order chi connectivity index (χ0) is 24.1. The van der Waals surface area contributed by atoms with Crippen molar-refractivity contribution in [3.05, 3.63) is 53.8 Å². The molecule has 1 fully saturated rings. The molecule has 178 valence electrons. The number of methoxy groups -OCH3 is 1. The highest BCUT2D eigenvalue weighted by Crippen LogP contribution is 2.30. The first-order chi connectivity index (χ1) is 15.7. The number of amides is 2. The molecule has 1 aliphatic rings. The monoisotopic (exact) mass is 464 g/mol. The fourth-order valence-corrected chi connectivity index (χ4v) is 4.06. The van der Waals surface area contributed by atoms with Crippen LogP contribution in [0.5, 0.6) is 11.5 Å². The quantitative estimate of drug-likeness (QED) is 0.595. The van der Waals surface area contributed by atoms with E-state index in [2.05, 4.69) is 4.74 Å². The Morgan fingerprint density at radius 2 is 1.85 bits per heavy atom. The zero-order valence-electron chi connectivity index (χ0n) is 18.8. The molecule has 1 aliphatic heterocycles. The Labute approximate surface area is 190 Å². The van der Waals surface area contributed by atoms with E-state index in [1.165, 1.54) is 47.2 Å². The van der Waals surface area contributed by atoms with Crippen LogP contribution in [-0.2, 0) is 4.79 Å². The molecule has 0 N–H and O–H groups in total. The van der Waals surface area contributed by atoms with E-state index in [1.54, 1.807) is 12.1 Å². The number of hydrogen-bond donors (Lipinski definition) is 0. The summed E-state index contributed by atoms with van der Waals surface area (Å²) in [4.78, 5) is 29.5. The summed E-state index contributed by atoms with van der Waals surface area (Å²) in [7, 11) is 1.36. The number of likely N-dealkylation sites (tertiary alicyclic amines) is 1. The number of nitrogens with zero attached hydrogens (tertiary/aromatic N) is 2. The van der Waals surface area contributed by atoms with Crippen molar-refractivity contribution in [2.75, 3.05) is 25.1 Å². The van der Waals surface area contributed by atoms with Gasteiger partial charge in [0.2, 0.25) is 5.91 Å². The van der Waals surface area contributed by atoms with E-state index in [0.717, 1.165) is 0 Å². The average Bonchev–Trinajstić information content (AvgIpc) is 2.78. The van der Waals surface area contributed by atoms with Gasteiger partial charge in [-0.05, 0) is 51.0 Å². The summed E-state index contributed by atoms with van der Waals surface area (Å²) in [6, 6.07) is 9.88. The van der Waals surface area contributed by atoms with Gasteiger partial charge in [-0.2, -0.15) is 8.78 Å². The molecule has 0 spiro atoms. The SMILES string of the molecule is COc1ccc(N(C(=O)C2CCCN(C(=O)c3ccccc3OC(F)F)C2)C(C)C)cc1F. The molecule has 0 aliphatic carbocycles. The highest BCUT2D eigenvalue weighted by atomic mass is 19.3. The average molecular weight is 464 g/mol. The normalized spacial score (nSPS) is 16.1. The third kappa shape index (κ3) is 5.58. The Bertz CT molecular complexity index is 999. The van der Waals surface area contributed by atoms with E-state index in [4.69, 9.17) is 4.74 Å². The zero-order valence-corrected chi connectivity index (χ0v) is 18.8. The van der Waals surface area contributed by atoms with Crippen molar-refractivity contribution in [3.63, 3.8) is 0 Å². The Hall–Kier alpha value is -3.23. The van der Waals surface area contributed by atoms with Crippen LogP contribution >= 0.6 is 0 Å². The molecule has 3 rings (SSSR count). The molecule has 1 heterocycles. The van der Waals surface area contributed by atoms with Crippen LogP contribution in [0.4, 0.5) is 18.9 Å². The molecule has 1 saturated heterocycles. The van der Waals surface area contributed by atoms with E-state index >= 15 is 0 Å². The molecule has 0 saturated carbocycles. The van der Waals surface area contributed by atoms with Gasteiger partial charge in [0, 0.05) is 30.9 Å². The van der Waals surface area contributed by atoms with Crippen LogP contribution in [0.25, 0.3) is 0 Å². The maximum Gasteiger partial charge on any atom is 0.387 e. The maximum atomic E-state index is 14.3. The molecule has 6 nitrogen and oxygen atoms in total. The molecule has 2 aromatic carbocycles. The number of carbonyl (C=O) groups excluding carboxylic acids is 2. The Kier molecular flexibility index (Phi) is 7.84. The number of rotatable bonds is 7. The summed E-state index contributed by atoms with van der Waals surface area (Å²) < 4.78 is 49.2. The summed E-state index contributed by atoms with van der Waals surface area (Å²) in [5.74, 6) is -1.93. The van der Waals surface area contributed by atoms with E-state index in [-0.39, 0.29) is 35.6 Å². The molecular formula is C24H27F3N2O4. The van der Waals surface area contributed by atoms with Gasteiger partial charge in [0.15, 0.2) is 11.6 Å². The topological polar surface area (TPSA) is 59.1 Å². The van der Waals surface area contributed by atoms with Gasteiger partial charge in [0.1, 0.15) is 5.75 Å². The molecule has 0 aromatic heterocycles. The van der Waals surface area contributed by atoms with Crippen molar-refractivity contribution in [1.29, 1.82) is 0 Å². The number of piperidine rings is 1. The number of alkyl halides is 2. The minimum Gasteiger partial charge on any atom is -0.494 e. The lowest BCUT2D eigenvalue weighted by molar-refractivity contribution is -0.124. The van der Waals surface area contributed by atoms with Crippen molar-refractivity contribution in [2.24, 2.45) is 5.92 Å². The van der Waals surface area contributed by atoms with E-state index in [0.29, 0.717) is 25.1 Å². The number of para-hydroxylation sites is 1. The number of ether oxygens (including phenoxy) is 2. The number of hydrogen-bond acceptors (Lipinski definition) is 4. The van der Waals surface area contributed by atoms with Gasteiger partial charge in [0.25, 0.3) is 5.91 Å². The van der Waals surface area contributed by atoms with Crippen molar-refractivity contribution in [1.82, 2.24) is 4.90 Å². The molecule has 33 heavy (non-hydrogen) atoms. The highest BCUT2D eigenvalue weighted by molar-refractivity contribution is 5.99. The number of carbonyl (C=O) groups is 2. The van der Waals surface area contributed by atoms with Gasteiger partial charge < -0.3 is 19.3 Å². The van der Waals surface area contributed by atoms with Crippen LogP contribution in [0, 0.1) is 11.7 Å². The Morgan fingerprint density at radius 1 is 1.12 bits per heavy atom. The van der Waals surface area contributed by atoms with Crippen LogP contribution in [0.15, 0.2) is 42.5 Å². The first kappa shape index (κ1) is 24.4. The van der Waals surface area contributed by atoms with Gasteiger partial charge >= 0.3 is 6.61 Å². The smallest absolute Gasteiger partial charge is 0.387 e. The molecule has 0 bridgehead atoms. The lowest BCUT2D eigenvalue weighted by Gasteiger charge is -2.36. The molecule has 1 atom stereocenters. The number of benzene rings is 2. The predicted molar refractivity (Wildman–Crippen MR) is 117 cm³/mol. The first-order valence-electron chi connectivity index (χ1n) is 10.7. The fraction of sp³-hybridized carbons (Fsp3) is 0.417. The first-order valence-corrected chi connectivity index (χ1v) is 10.7. The summed E-state index contributed by atoms with van der Waals surface area (Å²) in [5.41, 5.74) is 0.413. The standard InChI is InChI=1S/C24H27F3N2O4/c1-15(2)29(17-10-11-21(32-3)19(25)13-17)22(30)16-7-6-12-28(14-16)23(31)18-8-4-5-9-20(18)33-24(26)27/h4-5,8-11,13,15-16,24H,6-7,12,14H2,1-3H3. The third-order valence-corrected chi connectivity index (χ3v) is 5.56. The molecule has 2 aromatic rings. The second kappa shape index (κ2) is 10.6. The van der Waals surface area contributed by atoms with Gasteiger partial charge in [-0.1, -0.05) is 12.1 Å². The van der Waals surface area contributed by atoms with Gasteiger partial charge in [-0.3, -0.25) is 9.59 Å². The van der Waals surface area contributed by atoms with Crippen LogP contribution < -0.4 is 14.4 Å². The van der Waals surface area contributed by atoms with E-state index < -0.39 is 24.3 Å². The fourth-order valence-electron chi connectivity index (χ4n) is 4.06. The molecule has 0 radical (unpaired) electrons. The van der Waals surface area contributed by atoms with Gasteiger partial charge in [0.05, 0.1) is 18.6 Å². The number of anilines is 1. The molecule has 2 amide bonds. The second-order valence-corrected chi connectivity index (χ2v) is 8.09. The summed E-state index contributed by atoms with van der Waals surface area (Å²) in [6.07, 6.45) is 1.13.